The minimum Gasteiger partial charge on any atom is -0.484 e. The lowest BCUT2D eigenvalue weighted by Crippen LogP contribution is -2.20. The average molecular weight is 483 g/mol. The molecule has 3 aromatic carbocycles. The summed E-state index contributed by atoms with van der Waals surface area (Å²) in [5.41, 5.74) is 4.15. The van der Waals surface area contributed by atoms with Crippen LogP contribution in [0.5, 0.6) is 5.75 Å². The molecule has 1 aliphatic heterocycles. The van der Waals surface area contributed by atoms with Gasteiger partial charge in [-0.1, -0.05) is 48.0 Å². The minimum absolute atomic E-state index is 0.00662. The molecule has 7 heteroatoms. The first-order valence-corrected chi connectivity index (χ1v) is 11.4. The summed E-state index contributed by atoms with van der Waals surface area (Å²) < 4.78 is 10.4. The summed E-state index contributed by atoms with van der Waals surface area (Å²) in [5.74, 6) is -0.832. The summed E-state index contributed by atoms with van der Waals surface area (Å²) in [7, 11) is 1.25. The van der Waals surface area contributed by atoms with Gasteiger partial charge in [0.2, 0.25) is 5.78 Å². The van der Waals surface area contributed by atoms with Crippen molar-refractivity contribution in [1.29, 1.82) is 0 Å². The molecule has 1 aliphatic rings. The number of nitrogens with zero attached hydrogens (tertiary/aromatic N) is 1. The second-order valence-corrected chi connectivity index (χ2v) is 8.25. The van der Waals surface area contributed by atoms with E-state index in [0.29, 0.717) is 22.8 Å². The molecule has 1 amide bonds. The van der Waals surface area contributed by atoms with Crippen LogP contribution < -0.4 is 15.0 Å². The highest BCUT2D eigenvalue weighted by molar-refractivity contribution is 6.30. The van der Waals surface area contributed by atoms with Gasteiger partial charge < -0.3 is 19.7 Å². The number of rotatable bonds is 7. The third kappa shape index (κ3) is 5.36. The Balaban J connectivity index is 1.49. The van der Waals surface area contributed by atoms with Gasteiger partial charge in [-0.25, -0.2) is 4.79 Å². The van der Waals surface area contributed by atoms with E-state index in [0.717, 1.165) is 16.8 Å². The normalized spacial score (nSPS) is 14.2. The van der Waals surface area contributed by atoms with Crippen LogP contribution in [-0.4, -0.2) is 31.4 Å². The number of carbonyl (C=O) groups is 3. The minimum atomic E-state index is -0.672. The summed E-state index contributed by atoms with van der Waals surface area (Å²) >= 11 is 0. The smallest absolute Gasteiger partial charge is 0.343 e. The topological polar surface area (TPSA) is 84.9 Å². The van der Waals surface area contributed by atoms with Crippen LogP contribution in [0.2, 0.25) is 0 Å². The summed E-state index contributed by atoms with van der Waals surface area (Å²) in [5, 5.41) is 2.79. The van der Waals surface area contributed by atoms with Crippen molar-refractivity contribution in [3.8, 4) is 5.75 Å². The van der Waals surface area contributed by atoms with Gasteiger partial charge >= 0.3 is 5.97 Å². The first kappa shape index (κ1) is 24.5. The number of aryl methyl sites for hydroxylation is 1. The molecule has 182 valence electrons. The number of Topliss-reactive ketones (excluding diaryl/α,β-unsaturated/α-hetero) is 1. The Kier molecular flexibility index (Phi) is 7.30. The van der Waals surface area contributed by atoms with Gasteiger partial charge in [0.05, 0.1) is 12.8 Å². The van der Waals surface area contributed by atoms with Crippen LogP contribution in [-0.2, 0) is 19.1 Å². The van der Waals surface area contributed by atoms with E-state index in [1.807, 2.05) is 61.5 Å². The lowest BCUT2D eigenvalue weighted by Gasteiger charge is -2.21. The van der Waals surface area contributed by atoms with Gasteiger partial charge in [0.25, 0.3) is 5.91 Å². The van der Waals surface area contributed by atoms with Gasteiger partial charge in [-0.3, -0.25) is 9.59 Å². The van der Waals surface area contributed by atoms with E-state index in [4.69, 9.17) is 9.47 Å². The van der Waals surface area contributed by atoms with Crippen LogP contribution >= 0.6 is 0 Å². The Morgan fingerprint density at radius 2 is 1.58 bits per heavy atom. The van der Waals surface area contributed by atoms with E-state index >= 15 is 0 Å². The average Bonchev–Trinajstić information content (AvgIpc) is 3.14. The number of anilines is 2. The van der Waals surface area contributed by atoms with Crippen molar-refractivity contribution in [2.75, 3.05) is 23.9 Å². The summed E-state index contributed by atoms with van der Waals surface area (Å²) in [6.07, 6.45) is 1.71. The van der Waals surface area contributed by atoms with Crippen molar-refractivity contribution in [2.24, 2.45) is 0 Å². The Morgan fingerprint density at radius 1 is 0.917 bits per heavy atom. The molecule has 0 saturated heterocycles. The third-order valence-corrected chi connectivity index (χ3v) is 5.69. The van der Waals surface area contributed by atoms with E-state index in [1.54, 1.807) is 42.2 Å². The van der Waals surface area contributed by atoms with Crippen LogP contribution in [0.25, 0.3) is 6.08 Å². The SMILES string of the molecule is COC(=O)C1=C(C)N(c2ccccc2)/C(=C\c2ccc(OCC(=O)Nc3ccc(C)cc3)cc2)C1=O. The zero-order chi connectivity index (χ0) is 25.7. The molecule has 3 aromatic rings. The van der Waals surface area contributed by atoms with Gasteiger partial charge in [0, 0.05) is 17.1 Å². The highest BCUT2D eigenvalue weighted by Gasteiger charge is 2.38. The maximum atomic E-state index is 13.2. The third-order valence-electron chi connectivity index (χ3n) is 5.69. The molecule has 0 bridgehead atoms. The Hall–Kier alpha value is -4.65. The lowest BCUT2D eigenvalue weighted by molar-refractivity contribution is -0.137. The molecule has 4 rings (SSSR count). The van der Waals surface area contributed by atoms with Crippen LogP contribution in [0.4, 0.5) is 11.4 Å². The fourth-order valence-corrected chi connectivity index (χ4v) is 3.87. The molecule has 0 aromatic heterocycles. The molecule has 0 spiro atoms. The highest BCUT2D eigenvalue weighted by Crippen LogP contribution is 2.35. The number of para-hydroxylation sites is 1. The van der Waals surface area contributed by atoms with Crippen LogP contribution in [0.3, 0.4) is 0 Å². The number of methoxy groups -OCH3 is 1. The number of carbonyl (C=O) groups excluding carboxylic acids is 3. The van der Waals surface area contributed by atoms with Gasteiger partial charge in [0.1, 0.15) is 11.3 Å². The molecule has 0 unspecified atom stereocenters. The standard InChI is InChI=1S/C29H26N2O5/c1-19-9-13-22(14-10-19)30-26(32)18-36-24-15-11-21(12-16-24)17-25-28(33)27(29(34)35-3)20(2)31(25)23-7-5-4-6-8-23/h4-17H,18H2,1-3H3,(H,30,32)/b25-17-. The number of allylic oxidation sites excluding steroid dienone is 2. The number of benzene rings is 3. The van der Waals surface area contributed by atoms with Crippen LogP contribution in [0, 0.1) is 6.92 Å². The van der Waals surface area contributed by atoms with Crippen molar-refractivity contribution in [3.05, 3.63) is 107 Å². The first-order chi connectivity index (χ1) is 17.4. The van der Waals surface area contributed by atoms with Crippen molar-refractivity contribution >= 4 is 35.1 Å². The summed E-state index contributed by atoms with van der Waals surface area (Å²) in [6, 6.07) is 23.8. The molecule has 0 saturated carbocycles. The van der Waals surface area contributed by atoms with Crippen molar-refractivity contribution in [2.45, 2.75) is 13.8 Å². The molecule has 0 fully saturated rings. The van der Waals surface area contributed by atoms with Crippen LogP contribution in [0.15, 0.2) is 95.8 Å². The maximum Gasteiger partial charge on any atom is 0.343 e. The second kappa shape index (κ2) is 10.7. The van der Waals surface area contributed by atoms with E-state index in [2.05, 4.69) is 5.32 Å². The fraction of sp³-hybridized carbons (Fsp3) is 0.138. The van der Waals surface area contributed by atoms with Crippen LogP contribution in [0.1, 0.15) is 18.1 Å². The summed E-state index contributed by atoms with van der Waals surface area (Å²) in [4.78, 5) is 39.4. The molecule has 7 nitrogen and oxygen atoms in total. The molecule has 1 N–H and O–H groups in total. The first-order valence-electron chi connectivity index (χ1n) is 11.4. The van der Waals surface area contributed by atoms with Gasteiger partial charge in [-0.05, 0) is 61.9 Å². The van der Waals surface area contributed by atoms with Crippen molar-refractivity contribution < 1.29 is 23.9 Å². The number of hydrogen-bond acceptors (Lipinski definition) is 6. The van der Waals surface area contributed by atoms with Gasteiger partial charge in [0.15, 0.2) is 6.61 Å². The Morgan fingerprint density at radius 3 is 2.22 bits per heavy atom. The zero-order valence-corrected chi connectivity index (χ0v) is 20.3. The van der Waals surface area contributed by atoms with Crippen molar-refractivity contribution in [1.82, 2.24) is 0 Å². The predicted octanol–water partition coefficient (Wildman–Crippen LogP) is 4.89. The number of amides is 1. The molecule has 0 aliphatic carbocycles. The number of nitrogens with one attached hydrogen (secondary N) is 1. The van der Waals surface area contributed by atoms with E-state index in [9.17, 15) is 14.4 Å². The monoisotopic (exact) mass is 482 g/mol. The molecule has 36 heavy (non-hydrogen) atoms. The molecule has 0 radical (unpaired) electrons. The largest absolute Gasteiger partial charge is 0.484 e. The molecule has 0 atom stereocenters. The predicted molar refractivity (Wildman–Crippen MR) is 138 cm³/mol. The number of ether oxygens (including phenoxy) is 2. The molecular formula is C29H26N2O5. The maximum absolute atomic E-state index is 13.2. The van der Waals surface area contributed by atoms with Gasteiger partial charge in [-0.2, -0.15) is 0 Å². The highest BCUT2D eigenvalue weighted by atomic mass is 16.5. The lowest BCUT2D eigenvalue weighted by atomic mass is 10.1. The number of ketones is 1. The zero-order valence-electron chi connectivity index (χ0n) is 20.3. The van der Waals surface area contributed by atoms with Gasteiger partial charge in [-0.15, -0.1) is 0 Å². The molecular weight excluding hydrogens is 456 g/mol. The fourth-order valence-electron chi connectivity index (χ4n) is 3.87. The number of hydrogen-bond donors (Lipinski definition) is 1. The second-order valence-electron chi connectivity index (χ2n) is 8.25. The Labute approximate surface area is 209 Å². The number of esters is 1. The summed E-state index contributed by atoms with van der Waals surface area (Å²) in [6.45, 7) is 3.56. The molecule has 1 heterocycles. The van der Waals surface area contributed by atoms with E-state index in [-0.39, 0.29) is 18.1 Å². The quantitative estimate of drug-likeness (QED) is 0.293. The van der Waals surface area contributed by atoms with E-state index < -0.39 is 11.8 Å². The van der Waals surface area contributed by atoms with E-state index in [1.165, 1.54) is 7.11 Å². The Bertz CT molecular complexity index is 1340. The van der Waals surface area contributed by atoms with Crippen molar-refractivity contribution in [3.63, 3.8) is 0 Å².